The number of halogens is 1. The Kier molecular flexibility index (Phi) is 6.11. The summed E-state index contributed by atoms with van der Waals surface area (Å²) in [5, 5.41) is 0. The predicted octanol–water partition coefficient (Wildman–Crippen LogP) is 4.43. The van der Waals surface area contributed by atoms with Gasteiger partial charge in [-0.05, 0) is 0 Å². The molecular weight excluding hydrogens is 336 g/mol. The van der Waals surface area contributed by atoms with E-state index in [1.807, 2.05) is 6.07 Å². The molecule has 0 saturated heterocycles. The Bertz CT molecular complexity index is 435. The molecule has 106 valence electrons. The van der Waals surface area contributed by atoms with E-state index in [4.69, 9.17) is 14.4 Å². The van der Waals surface area contributed by atoms with E-state index in [1.165, 1.54) is 4.90 Å². The zero-order valence-corrected chi connectivity index (χ0v) is 16.2. The summed E-state index contributed by atoms with van der Waals surface area (Å²) in [5.74, 6) is 0. The van der Waals surface area contributed by atoms with Crippen molar-refractivity contribution in [2.45, 2.75) is 57.5 Å². The van der Waals surface area contributed by atoms with E-state index >= 15 is 0 Å². The Morgan fingerprint density at radius 2 is 1.58 bits per heavy atom. The van der Waals surface area contributed by atoms with Crippen molar-refractivity contribution in [3.63, 3.8) is 0 Å². The number of hydrogen-bond acceptors (Lipinski definition) is 1. The molecule has 0 aliphatic heterocycles. The van der Waals surface area contributed by atoms with Crippen molar-refractivity contribution in [1.29, 1.82) is 0 Å². The molecule has 1 unspecified atom stereocenters. The van der Waals surface area contributed by atoms with Gasteiger partial charge in [-0.15, -0.1) is 0 Å². The molecule has 2 radical (unpaired) electrons. The normalized spacial score (nSPS) is 14.9. The molecule has 0 saturated carbocycles. The van der Waals surface area contributed by atoms with Crippen LogP contribution in [0.1, 0.15) is 41.5 Å². The Morgan fingerprint density at radius 3 is 1.95 bits per heavy atom. The van der Waals surface area contributed by atoms with Gasteiger partial charge in [0, 0.05) is 0 Å². The summed E-state index contributed by atoms with van der Waals surface area (Å²) >= 11 is -0.684. The number of rotatable bonds is 3. The van der Waals surface area contributed by atoms with E-state index in [9.17, 15) is 0 Å². The van der Waals surface area contributed by atoms with Crippen molar-refractivity contribution < 1.29 is 0 Å². The van der Waals surface area contributed by atoms with Gasteiger partial charge in [-0.1, -0.05) is 0 Å². The minimum absolute atomic E-state index is 0.0372. The molecular formula is C14H23ClGeN2S. The molecule has 0 aromatic heterocycles. The first-order chi connectivity index (χ1) is 8.65. The molecule has 0 bridgehead atoms. The second-order valence-corrected chi connectivity index (χ2v) is 10.8. The van der Waals surface area contributed by atoms with Crippen molar-refractivity contribution in [3.8, 4) is 0 Å². The third kappa shape index (κ3) is 5.58. The predicted molar refractivity (Wildman–Crippen MR) is 87.5 cm³/mol. The van der Waals surface area contributed by atoms with Crippen molar-refractivity contribution in [1.82, 2.24) is 3.26 Å². The molecule has 1 rings (SSSR count). The summed E-state index contributed by atoms with van der Waals surface area (Å²) in [6, 6.07) is 10.5. The Labute approximate surface area is 131 Å². The van der Waals surface area contributed by atoms with Gasteiger partial charge in [0.15, 0.2) is 0 Å². The maximum absolute atomic E-state index is 6.32. The fourth-order valence-corrected chi connectivity index (χ4v) is 7.52. The molecule has 0 fully saturated rings. The number of hydrogen-bond donors (Lipinski definition) is 0. The van der Waals surface area contributed by atoms with Gasteiger partial charge in [0.1, 0.15) is 0 Å². The van der Waals surface area contributed by atoms with Crippen LogP contribution in [-0.4, -0.2) is 29.1 Å². The molecule has 2 nitrogen and oxygen atoms in total. The summed E-state index contributed by atoms with van der Waals surface area (Å²) in [5.41, 5.74) is -0.0316. The second kappa shape index (κ2) is 6.75. The minimum atomic E-state index is -0.684. The number of benzene rings is 1. The zero-order chi connectivity index (χ0) is 14.7. The van der Waals surface area contributed by atoms with Crippen LogP contribution in [0.15, 0.2) is 39.6 Å². The van der Waals surface area contributed by atoms with Crippen molar-refractivity contribution in [2.24, 2.45) is 4.36 Å². The monoisotopic (exact) mass is 360 g/mol. The van der Waals surface area contributed by atoms with Gasteiger partial charge in [0.25, 0.3) is 0 Å². The van der Waals surface area contributed by atoms with E-state index in [2.05, 4.69) is 69.1 Å². The van der Waals surface area contributed by atoms with Crippen LogP contribution in [0.4, 0.5) is 0 Å². The van der Waals surface area contributed by atoms with Gasteiger partial charge < -0.3 is 0 Å². The third-order valence-corrected chi connectivity index (χ3v) is 9.17. The molecule has 0 aliphatic carbocycles. The fourth-order valence-electron chi connectivity index (χ4n) is 1.42. The van der Waals surface area contributed by atoms with Crippen LogP contribution in [0, 0.1) is 0 Å². The third-order valence-electron chi connectivity index (χ3n) is 2.17. The fraction of sp³-hybridized carbons (Fsp3) is 0.571. The molecule has 0 N–H and O–H groups in total. The first-order valence-electron chi connectivity index (χ1n) is 6.34. The molecule has 5 heteroatoms. The van der Waals surface area contributed by atoms with Gasteiger partial charge in [0.2, 0.25) is 0 Å². The molecule has 0 aliphatic rings. The van der Waals surface area contributed by atoms with Crippen LogP contribution in [0.3, 0.4) is 0 Å². The van der Waals surface area contributed by atoms with Crippen LogP contribution in [0.2, 0.25) is 0 Å². The van der Waals surface area contributed by atoms with Gasteiger partial charge in [-0.3, -0.25) is 0 Å². The summed E-state index contributed by atoms with van der Waals surface area (Å²) < 4.78 is 7.39. The molecule has 19 heavy (non-hydrogen) atoms. The van der Waals surface area contributed by atoms with Gasteiger partial charge in [-0.25, -0.2) is 0 Å². The zero-order valence-electron chi connectivity index (χ0n) is 12.6. The van der Waals surface area contributed by atoms with Crippen LogP contribution in [-0.2, 0) is 10.9 Å². The Hall–Kier alpha value is 0.163. The summed E-state index contributed by atoms with van der Waals surface area (Å²) in [6.45, 7) is 13.1. The average Bonchev–Trinajstić information content (AvgIpc) is 2.26. The van der Waals surface area contributed by atoms with Crippen molar-refractivity contribution in [2.75, 3.05) is 0 Å². The van der Waals surface area contributed by atoms with E-state index < -0.39 is 14.7 Å². The first kappa shape index (κ1) is 17.2. The standard InChI is InChI=1S/C14H23ClGeN2S/c1-13(2,3)17-19(12-10-8-7-9-11-12)18(16-15)14(4,5)6/h7-11H,1-6H3. The van der Waals surface area contributed by atoms with Gasteiger partial charge in [0.05, 0.1) is 0 Å². The Morgan fingerprint density at radius 1 is 1.05 bits per heavy atom. The second-order valence-electron chi connectivity index (χ2n) is 6.39. The van der Waals surface area contributed by atoms with E-state index in [0.717, 1.165) is 0 Å². The van der Waals surface area contributed by atoms with Crippen LogP contribution in [0.25, 0.3) is 0 Å². The van der Waals surface area contributed by atoms with Crippen molar-refractivity contribution >= 4 is 35.6 Å². The Balaban J connectivity index is 3.32. The van der Waals surface area contributed by atoms with Gasteiger partial charge >= 0.3 is 131 Å². The average molecular weight is 359 g/mol. The summed E-state index contributed by atoms with van der Waals surface area (Å²) in [6.07, 6.45) is 0. The van der Waals surface area contributed by atoms with Crippen LogP contribution >= 0.6 is 10.0 Å². The molecule has 0 heterocycles. The number of nitrogens with zero attached hydrogens (tertiary/aromatic N) is 2. The van der Waals surface area contributed by atoms with Crippen LogP contribution in [0.5, 0.6) is 0 Å². The summed E-state index contributed by atoms with van der Waals surface area (Å²) in [7, 11) is 6.04. The SMILES string of the molecule is CC(C)(C)N=S(c1ccccc1)[N]([Ge][Cl])C(C)(C)C. The summed E-state index contributed by atoms with van der Waals surface area (Å²) in [4.78, 5) is 1.25. The quantitative estimate of drug-likeness (QED) is 0.729. The van der Waals surface area contributed by atoms with E-state index in [0.29, 0.717) is 0 Å². The molecule has 1 aromatic carbocycles. The first-order valence-corrected chi connectivity index (χ1v) is 11.2. The van der Waals surface area contributed by atoms with E-state index in [-0.39, 0.29) is 22.0 Å². The molecule has 0 amide bonds. The van der Waals surface area contributed by atoms with E-state index in [1.54, 1.807) is 0 Å². The van der Waals surface area contributed by atoms with Crippen LogP contribution < -0.4 is 0 Å². The molecule has 1 atom stereocenters. The topological polar surface area (TPSA) is 15.6 Å². The van der Waals surface area contributed by atoms with Gasteiger partial charge in [-0.2, -0.15) is 0 Å². The van der Waals surface area contributed by atoms with Crippen molar-refractivity contribution in [3.05, 3.63) is 30.3 Å². The molecule has 0 spiro atoms. The molecule has 1 aromatic rings. The maximum atomic E-state index is 6.32.